The fourth-order valence-corrected chi connectivity index (χ4v) is 3.36. The molecule has 126 valence electrons. The first-order chi connectivity index (χ1) is 12.0. The van der Waals surface area contributed by atoms with E-state index in [0.29, 0.717) is 16.0 Å². The van der Waals surface area contributed by atoms with Crippen molar-refractivity contribution in [2.24, 2.45) is 0 Å². The smallest absolute Gasteiger partial charge is 0.285 e. The van der Waals surface area contributed by atoms with Crippen molar-refractivity contribution in [2.45, 2.75) is 6.92 Å². The van der Waals surface area contributed by atoms with Crippen molar-refractivity contribution in [1.29, 1.82) is 0 Å². The number of aryl methyl sites for hydroxylation is 1. The van der Waals surface area contributed by atoms with E-state index in [0.717, 1.165) is 22.3 Å². The molecule has 0 unspecified atom stereocenters. The van der Waals surface area contributed by atoms with Gasteiger partial charge in [-0.15, -0.1) is 0 Å². The number of hydrogen-bond donors (Lipinski definition) is 2. The van der Waals surface area contributed by atoms with Crippen LogP contribution in [-0.2, 0) is 4.79 Å². The lowest BCUT2D eigenvalue weighted by atomic mass is 10.1. The zero-order valence-electron chi connectivity index (χ0n) is 13.2. The van der Waals surface area contributed by atoms with E-state index in [9.17, 15) is 14.7 Å². The highest BCUT2D eigenvalue weighted by molar-refractivity contribution is 8.26. The molecule has 2 aromatic carbocycles. The summed E-state index contributed by atoms with van der Waals surface area (Å²) in [5.74, 6) is -0.782. The fraction of sp³-hybridized carbons (Fsp3) is 0.0556. The van der Waals surface area contributed by atoms with Crippen molar-refractivity contribution in [1.82, 2.24) is 10.4 Å². The maximum absolute atomic E-state index is 12.5. The molecular formula is C18H14N2O3S2. The molecule has 0 aromatic heterocycles. The average molecular weight is 370 g/mol. The third-order valence-corrected chi connectivity index (χ3v) is 4.85. The number of phenolic OH excluding ortho intramolecular Hbond substituents is 1. The van der Waals surface area contributed by atoms with Crippen molar-refractivity contribution >= 4 is 46.2 Å². The number of hydrogen-bond acceptors (Lipinski definition) is 5. The third kappa shape index (κ3) is 3.72. The van der Waals surface area contributed by atoms with Gasteiger partial charge in [0.2, 0.25) is 0 Å². The van der Waals surface area contributed by atoms with Gasteiger partial charge in [-0.2, -0.15) is 5.01 Å². The summed E-state index contributed by atoms with van der Waals surface area (Å²) in [4.78, 5) is 25.1. The Labute approximate surface area is 154 Å². The highest BCUT2D eigenvalue weighted by Crippen LogP contribution is 2.33. The van der Waals surface area contributed by atoms with Crippen molar-refractivity contribution in [3.8, 4) is 5.75 Å². The van der Waals surface area contributed by atoms with Gasteiger partial charge in [0.15, 0.2) is 4.32 Å². The van der Waals surface area contributed by atoms with Gasteiger partial charge < -0.3 is 5.11 Å². The van der Waals surface area contributed by atoms with Crippen molar-refractivity contribution < 1.29 is 14.7 Å². The van der Waals surface area contributed by atoms with Gasteiger partial charge in [0.1, 0.15) is 5.75 Å². The lowest BCUT2D eigenvalue weighted by Gasteiger charge is -2.15. The molecule has 0 spiro atoms. The molecule has 3 rings (SSSR count). The highest BCUT2D eigenvalue weighted by atomic mass is 32.2. The van der Waals surface area contributed by atoms with E-state index in [2.05, 4.69) is 5.43 Å². The van der Waals surface area contributed by atoms with Gasteiger partial charge in [-0.05, 0) is 43.4 Å². The Bertz CT molecular complexity index is 891. The molecule has 1 fully saturated rings. The van der Waals surface area contributed by atoms with Gasteiger partial charge in [0.25, 0.3) is 11.8 Å². The molecule has 1 aliphatic heterocycles. The van der Waals surface area contributed by atoms with Crippen molar-refractivity contribution in [3.05, 3.63) is 70.1 Å². The number of carbonyl (C=O) groups is 2. The summed E-state index contributed by atoms with van der Waals surface area (Å²) in [7, 11) is 0. The molecule has 7 heteroatoms. The Kier molecular flexibility index (Phi) is 4.87. The maximum Gasteiger partial charge on any atom is 0.285 e. The van der Waals surface area contributed by atoms with Crippen molar-refractivity contribution in [3.63, 3.8) is 0 Å². The molecule has 0 bridgehead atoms. The largest absolute Gasteiger partial charge is 0.507 e. The van der Waals surface area contributed by atoms with Crippen LogP contribution in [0.2, 0.25) is 0 Å². The van der Waals surface area contributed by atoms with Gasteiger partial charge in [0, 0.05) is 11.1 Å². The van der Waals surface area contributed by atoms with E-state index < -0.39 is 11.8 Å². The predicted molar refractivity (Wildman–Crippen MR) is 102 cm³/mol. The number of para-hydroxylation sites is 1. The quantitative estimate of drug-likeness (QED) is 0.641. The van der Waals surface area contributed by atoms with Crippen LogP contribution in [0.15, 0.2) is 53.4 Å². The minimum Gasteiger partial charge on any atom is -0.507 e. The summed E-state index contributed by atoms with van der Waals surface area (Å²) in [5, 5.41) is 10.9. The summed E-state index contributed by atoms with van der Waals surface area (Å²) in [6, 6.07) is 13.7. The predicted octanol–water partition coefficient (Wildman–Crippen LogP) is 3.25. The minimum absolute atomic E-state index is 0.0662. The van der Waals surface area contributed by atoms with E-state index in [-0.39, 0.29) is 10.1 Å². The Morgan fingerprint density at radius 3 is 2.56 bits per heavy atom. The highest BCUT2D eigenvalue weighted by Gasteiger charge is 2.33. The Hall–Kier alpha value is -2.64. The first kappa shape index (κ1) is 17.2. The minimum atomic E-state index is -0.432. The number of nitrogens with one attached hydrogen (secondary N) is 1. The second-order valence-electron chi connectivity index (χ2n) is 5.38. The summed E-state index contributed by atoms with van der Waals surface area (Å²) in [6.07, 6.45) is 1.55. The van der Waals surface area contributed by atoms with Gasteiger partial charge in [0.05, 0.1) is 4.91 Å². The fourth-order valence-electron chi connectivity index (χ4n) is 2.19. The van der Waals surface area contributed by atoms with Crippen LogP contribution in [0, 0.1) is 6.92 Å². The van der Waals surface area contributed by atoms with E-state index >= 15 is 0 Å². The number of carbonyl (C=O) groups excluding carboxylic acids is 2. The number of thioether (sulfide) groups is 1. The summed E-state index contributed by atoms with van der Waals surface area (Å²) in [6.45, 7) is 1.92. The van der Waals surface area contributed by atoms with Gasteiger partial charge >= 0.3 is 0 Å². The standard InChI is InChI=1S/C18H14N2O3S2/c1-11-6-8-12(9-7-11)16(22)19-20-17(23)15(25-18(20)24)10-13-4-2-3-5-14(13)21/h2-10,21H,1H3,(H,19,22)/b15-10-. The van der Waals surface area contributed by atoms with Crippen LogP contribution in [0.3, 0.4) is 0 Å². The number of phenols is 1. The van der Waals surface area contributed by atoms with Gasteiger partial charge in [-0.3, -0.25) is 15.0 Å². The van der Waals surface area contributed by atoms with E-state index in [1.165, 1.54) is 6.07 Å². The first-order valence-corrected chi connectivity index (χ1v) is 8.62. The molecular weight excluding hydrogens is 356 g/mol. The molecule has 1 saturated heterocycles. The van der Waals surface area contributed by atoms with Crippen LogP contribution in [0.5, 0.6) is 5.75 Å². The number of amides is 2. The van der Waals surface area contributed by atoms with Gasteiger partial charge in [-0.25, -0.2) is 0 Å². The van der Waals surface area contributed by atoms with Gasteiger partial charge in [-0.1, -0.05) is 47.7 Å². The third-order valence-electron chi connectivity index (χ3n) is 3.54. The summed E-state index contributed by atoms with van der Waals surface area (Å²) < 4.78 is 0.229. The molecule has 2 aromatic rings. The molecule has 5 nitrogen and oxygen atoms in total. The number of hydrazine groups is 1. The van der Waals surface area contributed by atoms with Crippen molar-refractivity contribution in [2.75, 3.05) is 0 Å². The number of aromatic hydroxyl groups is 1. The molecule has 0 saturated carbocycles. The molecule has 0 aliphatic carbocycles. The van der Waals surface area contributed by atoms with Crippen LogP contribution < -0.4 is 5.43 Å². The molecule has 1 heterocycles. The second-order valence-corrected chi connectivity index (χ2v) is 7.06. The number of benzene rings is 2. The maximum atomic E-state index is 12.5. The summed E-state index contributed by atoms with van der Waals surface area (Å²) in [5.41, 5.74) is 4.50. The van der Waals surface area contributed by atoms with Crippen LogP contribution in [0.4, 0.5) is 0 Å². The molecule has 0 atom stereocenters. The average Bonchev–Trinajstić information content (AvgIpc) is 2.85. The summed E-state index contributed by atoms with van der Waals surface area (Å²) >= 11 is 6.25. The zero-order chi connectivity index (χ0) is 18.0. The Morgan fingerprint density at radius 2 is 1.88 bits per heavy atom. The van der Waals surface area contributed by atoms with E-state index in [1.807, 2.05) is 19.1 Å². The Morgan fingerprint density at radius 1 is 1.20 bits per heavy atom. The van der Waals surface area contributed by atoms with Crippen LogP contribution in [-0.4, -0.2) is 26.3 Å². The number of nitrogens with zero attached hydrogens (tertiary/aromatic N) is 1. The number of thiocarbonyl (C=S) groups is 1. The normalized spacial score (nSPS) is 15.7. The molecule has 0 radical (unpaired) electrons. The second kappa shape index (κ2) is 7.08. The lowest BCUT2D eigenvalue weighted by Crippen LogP contribution is -2.44. The SMILES string of the molecule is Cc1ccc(C(=O)NN2C(=O)/C(=C/c3ccccc3O)SC2=S)cc1. The molecule has 2 amide bonds. The van der Waals surface area contributed by atoms with E-state index in [4.69, 9.17) is 12.2 Å². The topological polar surface area (TPSA) is 69.6 Å². The number of rotatable bonds is 3. The van der Waals surface area contributed by atoms with Crippen LogP contribution in [0.25, 0.3) is 6.08 Å². The van der Waals surface area contributed by atoms with E-state index in [1.54, 1.807) is 36.4 Å². The lowest BCUT2D eigenvalue weighted by molar-refractivity contribution is -0.123. The molecule has 2 N–H and O–H groups in total. The Balaban J connectivity index is 1.79. The molecule has 25 heavy (non-hydrogen) atoms. The zero-order valence-corrected chi connectivity index (χ0v) is 14.9. The van der Waals surface area contributed by atoms with Crippen LogP contribution in [0.1, 0.15) is 21.5 Å². The van der Waals surface area contributed by atoms with Crippen LogP contribution >= 0.6 is 24.0 Å². The first-order valence-electron chi connectivity index (χ1n) is 7.39. The monoisotopic (exact) mass is 370 g/mol. The molecule has 1 aliphatic rings.